The monoisotopic (exact) mass is 222 g/mol. The molecule has 16 heavy (non-hydrogen) atoms. The molecule has 0 spiro atoms. The number of nitrogens with zero attached hydrogens (tertiary/aromatic N) is 1. The summed E-state index contributed by atoms with van der Waals surface area (Å²) in [6.07, 6.45) is 6.27. The molecular weight excluding hydrogens is 204 g/mol. The van der Waals surface area contributed by atoms with Crippen LogP contribution in [0.25, 0.3) is 6.08 Å². The maximum Gasteiger partial charge on any atom is 0.320 e. The first-order valence-corrected chi connectivity index (χ1v) is 5.23. The van der Waals surface area contributed by atoms with E-state index < -0.39 is 12.0 Å². The number of carboxylic acids is 1. The second-order valence-electron chi connectivity index (χ2n) is 3.92. The molecule has 4 nitrogen and oxygen atoms in total. The first kappa shape index (κ1) is 12.5. The highest BCUT2D eigenvalue weighted by molar-refractivity contribution is 5.73. The summed E-state index contributed by atoms with van der Waals surface area (Å²) in [6.45, 7) is 3.94. The molecule has 0 aromatic carbocycles. The van der Waals surface area contributed by atoms with Crippen molar-refractivity contribution in [2.24, 2.45) is 12.8 Å². The minimum absolute atomic E-state index is 0.368. The van der Waals surface area contributed by atoms with E-state index in [1.807, 2.05) is 43.8 Å². The topological polar surface area (TPSA) is 68.2 Å². The van der Waals surface area contributed by atoms with Gasteiger partial charge < -0.3 is 15.4 Å². The summed E-state index contributed by atoms with van der Waals surface area (Å²) in [6, 6.07) is -0.834. The fourth-order valence-electron chi connectivity index (χ4n) is 1.76. The molecule has 0 bridgehead atoms. The van der Waals surface area contributed by atoms with Crippen LogP contribution < -0.4 is 5.73 Å². The van der Waals surface area contributed by atoms with Crippen LogP contribution in [0.3, 0.4) is 0 Å². The molecule has 4 heteroatoms. The molecule has 0 saturated heterocycles. The number of rotatable bonds is 4. The SMILES string of the molecule is C/C=C\c1c(C)c(CC(N)C(=O)O)cn1C. The number of aryl methyl sites for hydroxylation is 1. The van der Waals surface area contributed by atoms with E-state index in [0.717, 1.165) is 16.8 Å². The maximum absolute atomic E-state index is 10.7. The lowest BCUT2D eigenvalue weighted by Crippen LogP contribution is -2.32. The van der Waals surface area contributed by atoms with Gasteiger partial charge >= 0.3 is 5.97 Å². The standard InChI is InChI=1S/C12H18N2O2/c1-4-5-11-8(2)9(7-14(11)3)6-10(13)12(15)16/h4-5,7,10H,6,13H2,1-3H3,(H,15,16)/b5-4-. The Morgan fingerprint density at radius 3 is 2.81 bits per heavy atom. The number of carbonyl (C=O) groups is 1. The van der Waals surface area contributed by atoms with Crippen LogP contribution >= 0.6 is 0 Å². The molecule has 1 atom stereocenters. The summed E-state index contributed by atoms with van der Waals surface area (Å²) in [5, 5.41) is 8.77. The molecule has 1 heterocycles. The second-order valence-corrected chi connectivity index (χ2v) is 3.92. The van der Waals surface area contributed by atoms with Gasteiger partial charge in [0.05, 0.1) is 0 Å². The molecule has 1 rings (SSSR count). The van der Waals surface area contributed by atoms with Crippen LogP contribution in [0.1, 0.15) is 23.7 Å². The first-order chi connectivity index (χ1) is 7.47. The molecule has 0 aliphatic rings. The van der Waals surface area contributed by atoms with E-state index in [-0.39, 0.29) is 0 Å². The zero-order valence-corrected chi connectivity index (χ0v) is 9.90. The van der Waals surface area contributed by atoms with Crippen molar-refractivity contribution >= 4 is 12.0 Å². The highest BCUT2D eigenvalue weighted by Crippen LogP contribution is 2.18. The molecule has 1 aromatic rings. The van der Waals surface area contributed by atoms with E-state index in [0.29, 0.717) is 6.42 Å². The highest BCUT2D eigenvalue weighted by Gasteiger charge is 2.16. The van der Waals surface area contributed by atoms with Gasteiger partial charge in [-0.2, -0.15) is 0 Å². The van der Waals surface area contributed by atoms with Gasteiger partial charge in [0.15, 0.2) is 0 Å². The van der Waals surface area contributed by atoms with Gasteiger partial charge in [-0.15, -0.1) is 0 Å². The minimum atomic E-state index is -0.962. The Balaban J connectivity index is 2.99. The van der Waals surface area contributed by atoms with Crippen LogP contribution in [0.2, 0.25) is 0 Å². The molecule has 1 unspecified atom stereocenters. The number of allylic oxidation sites excluding steroid dienone is 1. The molecule has 0 fully saturated rings. The van der Waals surface area contributed by atoms with E-state index in [2.05, 4.69) is 0 Å². The third-order valence-electron chi connectivity index (χ3n) is 2.68. The lowest BCUT2D eigenvalue weighted by atomic mass is 10.0. The van der Waals surface area contributed by atoms with Gasteiger partial charge in [-0.05, 0) is 37.5 Å². The molecule has 0 aliphatic carbocycles. The largest absolute Gasteiger partial charge is 0.480 e. The molecular formula is C12H18N2O2. The van der Waals surface area contributed by atoms with Gasteiger partial charge in [0.2, 0.25) is 0 Å². The summed E-state index contributed by atoms with van der Waals surface area (Å²) >= 11 is 0. The van der Waals surface area contributed by atoms with Crippen molar-refractivity contribution in [2.75, 3.05) is 0 Å². The van der Waals surface area contributed by atoms with Crippen LogP contribution in [-0.4, -0.2) is 21.7 Å². The quantitative estimate of drug-likeness (QED) is 0.807. The van der Waals surface area contributed by atoms with Crippen molar-refractivity contribution in [1.82, 2.24) is 4.57 Å². The number of aliphatic carboxylic acids is 1. The Kier molecular flexibility index (Phi) is 3.90. The Hall–Kier alpha value is -1.55. The van der Waals surface area contributed by atoms with Crippen molar-refractivity contribution in [3.8, 4) is 0 Å². The van der Waals surface area contributed by atoms with Crippen LogP contribution in [0, 0.1) is 6.92 Å². The van der Waals surface area contributed by atoms with Crippen LogP contribution in [0.15, 0.2) is 12.3 Å². The zero-order valence-electron chi connectivity index (χ0n) is 9.90. The molecule has 0 aliphatic heterocycles. The second kappa shape index (κ2) is 4.99. The Morgan fingerprint density at radius 1 is 1.69 bits per heavy atom. The number of aromatic nitrogens is 1. The van der Waals surface area contributed by atoms with Crippen LogP contribution in [0.5, 0.6) is 0 Å². The van der Waals surface area contributed by atoms with E-state index in [4.69, 9.17) is 10.8 Å². The average Bonchev–Trinajstić information content (AvgIpc) is 2.46. The summed E-state index contributed by atoms with van der Waals surface area (Å²) in [7, 11) is 1.94. The lowest BCUT2D eigenvalue weighted by Gasteiger charge is -2.05. The van der Waals surface area contributed by atoms with Crippen molar-refractivity contribution in [2.45, 2.75) is 26.3 Å². The van der Waals surface area contributed by atoms with Gasteiger partial charge in [-0.1, -0.05) is 6.08 Å². The summed E-state index contributed by atoms with van der Waals surface area (Å²) in [4.78, 5) is 10.7. The van der Waals surface area contributed by atoms with E-state index in [9.17, 15) is 4.79 Å². The maximum atomic E-state index is 10.7. The van der Waals surface area contributed by atoms with E-state index in [1.54, 1.807) is 0 Å². The van der Waals surface area contributed by atoms with Gasteiger partial charge in [0.25, 0.3) is 0 Å². The third kappa shape index (κ3) is 2.52. The summed E-state index contributed by atoms with van der Waals surface area (Å²) < 4.78 is 1.99. The Labute approximate surface area is 95.4 Å². The lowest BCUT2D eigenvalue weighted by molar-refractivity contribution is -0.138. The first-order valence-electron chi connectivity index (χ1n) is 5.23. The summed E-state index contributed by atoms with van der Waals surface area (Å²) in [5.74, 6) is -0.962. The molecule has 88 valence electrons. The predicted molar refractivity (Wildman–Crippen MR) is 64.2 cm³/mol. The van der Waals surface area contributed by atoms with Crippen molar-refractivity contribution < 1.29 is 9.90 Å². The third-order valence-corrected chi connectivity index (χ3v) is 2.68. The van der Waals surface area contributed by atoms with Gasteiger partial charge in [-0.3, -0.25) is 4.79 Å². The number of hydrogen-bond acceptors (Lipinski definition) is 2. The Bertz CT molecular complexity index is 419. The van der Waals surface area contributed by atoms with E-state index in [1.165, 1.54) is 0 Å². The molecule has 1 aromatic heterocycles. The van der Waals surface area contributed by atoms with Crippen LogP contribution in [-0.2, 0) is 18.3 Å². The smallest absolute Gasteiger partial charge is 0.320 e. The summed E-state index contributed by atoms with van der Waals surface area (Å²) in [5.41, 5.74) is 8.70. The van der Waals surface area contributed by atoms with Crippen molar-refractivity contribution in [3.05, 3.63) is 29.1 Å². The minimum Gasteiger partial charge on any atom is -0.480 e. The normalized spacial score (nSPS) is 13.2. The Morgan fingerprint density at radius 2 is 2.31 bits per heavy atom. The van der Waals surface area contributed by atoms with Gasteiger partial charge in [-0.25, -0.2) is 0 Å². The van der Waals surface area contributed by atoms with Crippen molar-refractivity contribution in [1.29, 1.82) is 0 Å². The van der Waals surface area contributed by atoms with Crippen molar-refractivity contribution in [3.63, 3.8) is 0 Å². The average molecular weight is 222 g/mol. The fourth-order valence-corrected chi connectivity index (χ4v) is 1.76. The van der Waals surface area contributed by atoms with Crippen LogP contribution in [0.4, 0.5) is 0 Å². The molecule has 3 N–H and O–H groups in total. The molecule has 0 saturated carbocycles. The fraction of sp³-hybridized carbons (Fsp3) is 0.417. The molecule has 0 radical (unpaired) electrons. The van der Waals surface area contributed by atoms with Gasteiger partial charge in [0, 0.05) is 18.9 Å². The highest BCUT2D eigenvalue weighted by atomic mass is 16.4. The number of nitrogens with two attached hydrogens (primary N) is 1. The van der Waals surface area contributed by atoms with E-state index >= 15 is 0 Å². The number of hydrogen-bond donors (Lipinski definition) is 2. The predicted octanol–water partition coefficient (Wildman–Crippen LogP) is 1.32. The van der Waals surface area contributed by atoms with Gasteiger partial charge in [0.1, 0.15) is 6.04 Å². The zero-order chi connectivity index (χ0) is 12.3. The number of carboxylic acid groups (broad SMARTS) is 1. The molecule has 0 amide bonds.